The lowest BCUT2D eigenvalue weighted by atomic mass is 9.90. The molecular weight excluding hydrogens is 436 g/mol. The topological polar surface area (TPSA) is 109 Å². The van der Waals surface area contributed by atoms with Crippen LogP contribution in [0.3, 0.4) is 0 Å². The molecule has 8 heteroatoms. The van der Waals surface area contributed by atoms with Gasteiger partial charge in [-0.25, -0.2) is 0 Å². The first kappa shape index (κ1) is 23.4. The van der Waals surface area contributed by atoms with E-state index in [-0.39, 0.29) is 6.10 Å². The Morgan fingerprint density at radius 3 is 2.34 bits per heavy atom. The van der Waals surface area contributed by atoms with Crippen LogP contribution in [0.5, 0.6) is 5.75 Å². The predicted molar refractivity (Wildman–Crippen MR) is 118 cm³/mol. The summed E-state index contributed by atoms with van der Waals surface area (Å²) in [6.07, 6.45) is -3.47. The number of aliphatic hydroxyl groups is 4. The Bertz CT molecular complexity index is 882. The number of aliphatic hydroxyl groups excluding tert-OH is 4. The molecule has 0 aliphatic carbocycles. The van der Waals surface area contributed by atoms with Crippen LogP contribution in [0.15, 0.2) is 42.5 Å². The van der Waals surface area contributed by atoms with Crippen LogP contribution >= 0.6 is 11.6 Å². The average molecular weight is 465 g/mol. The van der Waals surface area contributed by atoms with Gasteiger partial charge in [-0.05, 0) is 41.3 Å². The summed E-state index contributed by atoms with van der Waals surface area (Å²) in [6.45, 7) is 0.988. The van der Waals surface area contributed by atoms with Gasteiger partial charge >= 0.3 is 0 Å². The molecule has 2 saturated heterocycles. The molecule has 0 saturated carbocycles. The lowest BCUT2D eigenvalue weighted by molar-refractivity contribution is -0.231. The smallest absolute Gasteiger partial charge is 0.119 e. The third-order valence-electron chi connectivity index (χ3n) is 6.08. The summed E-state index contributed by atoms with van der Waals surface area (Å²) in [6, 6.07) is 13.1. The third-order valence-corrected chi connectivity index (χ3v) is 6.45. The maximum atomic E-state index is 10.4. The van der Waals surface area contributed by atoms with E-state index in [1.807, 2.05) is 30.3 Å². The first-order chi connectivity index (χ1) is 15.5. The fourth-order valence-electron chi connectivity index (χ4n) is 4.18. The van der Waals surface area contributed by atoms with Crippen molar-refractivity contribution >= 4 is 11.6 Å². The highest BCUT2D eigenvalue weighted by atomic mass is 35.5. The SMILES string of the molecule is OC[C@H]1O[C@@H](c2ccc(Cl)c(Cc3ccc(OC4CCOCC4)cc3)c2)[C@H](O)C(O)[C@@H]1O. The monoisotopic (exact) mass is 464 g/mol. The van der Waals surface area contributed by atoms with Crippen LogP contribution in [0.2, 0.25) is 5.02 Å². The minimum atomic E-state index is -1.42. The number of hydrogen-bond donors (Lipinski definition) is 4. The Labute approximate surface area is 192 Å². The molecule has 2 fully saturated rings. The fourth-order valence-corrected chi connectivity index (χ4v) is 4.36. The van der Waals surface area contributed by atoms with Crippen LogP contribution in [0.1, 0.15) is 35.6 Å². The molecule has 2 aromatic carbocycles. The Hall–Kier alpha value is -1.71. The molecule has 2 aliphatic rings. The zero-order valence-electron chi connectivity index (χ0n) is 17.6. The lowest BCUT2D eigenvalue weighted by Crippen LogP contribution is -2.55. The molecule has 2 aliphatic heterocycles. The second kappa shape index (κ2) is 10.5. The second-order valence-corrected chi connectivity index (χ2v) is 8.76. The molecule has 4 N–H and O–H groups in total. The zero-order valence-corrected chi connectivity index (χ0v) is 18.4. The Balaban J connectivity index is 1.47. The Morgan fingerprint density at radius 1 is 0.938 bits per heavy atom. The van der Waals surface area contributed by atoms with Crippen molar-refractivity contribution in [2.24, 2.45) is 0 Å². The van der Waals surface area contributed by atoms with Crippen molar-refractivity contribution in [3.63, 3.8) is 0 Å². The Morgan fingerprint density at radius 2 is 1.66 bits per heavy atom. The first-order valence-corrected chi connectivity index (χ1v) is 11.3. The van der Waals surface area contributed by atoms with Gasteiger partial charge in [-0.3, -0.25) is 0 Å². The van der Waals surface area contributed by atoms with E-state index in [0.717, 1.165) is 42.9 Å². The normalized spacial score (nSPS) is 29.1. The van der Waals surface area contributed by atoms with Gasteiger partial charge in [0.25, 0.3) is 0 Å². The van der Waals surface area contributed by atoms with E-state index >= 15 is 0 Å². The van der Waals surface area contributed by atoms with Crippen LogP contribution < -0.4 is 4.74 Å². The summed E-state index contributed by atoms with van der Waals surface area (Å²) in [7, 11) is 0. The van der Waals surface area contributed by atoms with E-state index in [0.29, 0.717) is 17.0 Å². The molecule has 174 valence electrons. The third kappa shape index (κ3) is 5.26. The van der Waals surface area contributed by atoms with Crippen LogP contribution in [0.4, 0.5) is 0 Å². The van der Waals surface area contributed by atoms with Gasteiger partial charge < -0.3 is 34.6 Å². The summed E-state index contributed by atoms with van der Waals surface area (Å²) >= 11 is 6.42. The minimum Gasteiger partial charge on any atom is -0.490 e. The highest BCUT2D eigenvalue weighted by molar-refractivity contribution is 6.31. The van der Waals surface area contributed by atoms with E-state index in [1.54, 1.807) is 12.1 Å². The first-order valence-electron chi connectivity index (χ1n) is 10.9. The van der Waals surface area contributed by atoms with Crippen LogP contribution in [0, 0.1) is 0 Å². The molecule has 32 heavy (non-hydrogen) atoms. The van der Waals surface area contributed by atoms with Crippen molar-refractivity contribution in [3.8, 4) is 5.75 Å². The van der Waals surface area contributed by atoms with Crippen LogP contribution in [-0.2, 0) is 15.9 Å². The summed E-state index contributed by atoms with van der Waals surface area (Å²) in [5.74, 6) is 0.821. The van der Waals surface area contributed by atoms with E-state index < -0.39 is 37.1 Å². The van der Waals surface area contributed by atoms with Crippen LogP contribution in [0.25, 0.3) is 0 Å². The highest BCUT2D eigenvalue weighted by Gasteiger charge is 2.44. The van der Waals surface area contributed by atoms with E-state index in [1.165, 1.54) is 0 Å². The molecule has 0 amide bonds. The van der Waals surface area contributed by atoms with Gasteiger partial charge in [0.05, 0.1) is 19.8 Å². The minimum absolute atomic E-state index is 0.180. The summed E-state index contributed by atoms with van der Waals surface area (Å²) < 4.78 is 17.1. The standard InChI is InChI=1S/C24H29ClO7/c25-19-6-3-15(24-23(29)22(28)21(27)20(13-26)32-24)12-16(19)11-14-1-4-17(5-2-14)31-18-7-9-30-10-8-18/h1-6,12,18,20-24,26-29H,7-11,13H2/t20-,21-,22?,23-,24+/m1/s1. The molecule has 5 atom stereocenters. The number of halogens is 1. The maximum absolute atomic E-state index is 10.4. The molecule has 2 aromatic rings. The van der Waals surface area contributed by atoms with Crippen molar-refractivity contribution in [2.75, 3.05) is 19.8 Å². The fraction of sp³-hybridized carbons (Fsp3) is 0.500. The lowest BCUT2D eigenvalue weighted by Gasteiger charge is -2.40. The van der Waals surface area contributed by atoms with E-state index in [4.69, 9.17) is 25.8 Å². The molecule has 0 radical (unpaired) electrons. The summed E-state index contributed by atoms with van der Waals surface area (Å²) in [5, 5.41) is 40.5. The van der Waals surface area contributed by atoms with Gasteiger partial charge in [0.2, 0.25) is 0 Å². The molecule has 1 unspecified atom stereocenters. The zero-order chi connectivity index (χ0) is 22.7. The molecule has 2 heterocycles. The average Bonchev–Trinajstić information content (AvgIpc) is 2.81. The number of hydrogen-bond acceptors (Lipinski definition) is 7. The summed E-state index contributed by atoms with van der Waals surface area (Å²) in [4.78, 5) is 0. The van der Waals surface area contributed by atoms with Crippen molar-refractivity contribution in [1.29, 1.82) is 0 Å². The van der Waals surface area contributed by atoms with Gasteiger partial charge in [0.15, 0.2) is 0 Å². The second-order valence-electron chi connectivity index (χ2n) is 8.35. The quantitative estimate of drug-likeness (QED) is 0.517. The van der Waals surface area contributed by atoms with Gasteiger partial charge in [-0.1, -0.05) is 35.9 Å². The number of benzene rings is 2. The van der Waals surface area contributed by atoms with Crippen molar-refractivity contribution in [1.82, 2.24) is 0 Å². The molecule has 0 bridgehead atoms. The molecule has 4 rings (SSSR count). The highest BCUT2D eigenvalue weighted by Crippen LogP contribution is 2.34. The summed E-state index contributed by atoms with van der Waals surface area (Å²) in [5.41, 5.74) is 2.48. The molecule has 0 aromatic heterocycles. The molecule has 0 spiro atoms. The molecular formula is C24H29ClO7. The number of rotatable bonds is 6. The van der Waals surface area contributed by atoms with E-state index in [9.17, 15) is 20.4 Å². The van der Waals surface area contributed by atoms with E-state index in [2.05, 4.69) is 0 Å². The van der Waals surface area contributed by atoms with Gasteiger partial charge in [0.1, 0.15) is 42.4 Å². The van der Waals surface area contributed by atoms with Crippen LogP contribution in [-0.4, -0.2) is 70.8 Å². The largest absolute Gasteiger partial charge is 0.490 e. The predicted octanol–water partition coefficient (Wildman–Crippen LogP) is 2.00. The van der Waals surface area contributed by atoms with Crippen molar-refractivity contribution in [3.05, 3.63) is 64.2 Å². The van der Waals surface area contributed by atoms with Gasteiger partial charge in [-0.15, -0.1) is 0 Å². The Kier molecular flexibility index (Phi) is 7.68. The maximum Gasteiger partial charge on any atom is 0.119 e. The van der Waals surface area contributed by atoms with Gasteiger partial charge in [0, 0.05) is 17.9 Å². The van der Waals surface area contributed by atoms with Crippen molar-refractivity contribution in [2.45, 2.75) is 55.9 Å². The number of ether oxygens (including phenoxy) is 3. The molecule has 7 nitrogen and oxygen atoms in total. The van der Waals surface area contributed by atoms with Gasteiger partial charge in [-0.2, -0.15) is 0 Å². The van der Waals surface area contributed by atoms with Crippen molar-refractivity contribution < 1.29 is 34.6 Å².